The van der Waals surface area contributed by atoms with E-state index < -0.39 is 0 Å². The summed E-state index contributed by atoms with van der Waals surface area (Å²) in [6, 6.07) is 16.6. The van der Waals surface area contributed by atoms with Gasteiger partial charge in [-0.3, -0.25) is 0 Å². The molecule has 12 nitrogen and oxygen atoms in total. The Bertz CT molecular complexity index is 1280. The van der Waals surface area contributed by atoms with Gasteiger partial charge in [0.15, 0.2) is 0 Å². The van der Waals surface area contributed by atoms with E-state index in [0.29, 0.717) is 11.9 Å². The first-order chi connectivity index (χ1) is 19.9. The maximum Gasteiger partial charge on any atom is 0.403 e. The van der Waals surface area contributed by atoms with Crippen molar-refractivity contribution in [1.29, 1.82) is 0 Å². The Hall–Kier alpha value is -4.48. The number of anilines is 2. The van der Waals surface area contributed by atoms with Crippen molar-refractivity contribution in [3.05, 3.63) is 61.2 Å². The SMILES string of the molecule is CCN(CCCCCN(CC)c1ccc(N=Nc2n(C)nc[n+]2C)cc1)c1ccc(N=Nc2n(C)nc[n+]2C)cc1. The molecule has 0 bridgehead atoms. The van der Waals surface area contributed by atoms with Crippen molar-refractivity contribution >= 4 is 34.6 Å². The minimum atomic E-state index is 0.695. The topological polar surface area (TPSA) is 99.3 Å². The number of aromatic nitrogens is 6. The van der Waals surface area contributed by atoms with Crippen LogP contribution in [-0.2, 0) is 28.2 Å². The van der Waals surface area contributed by atoms with E-state index in [1.165, 1.54) is 17.8 Å². The van der Waals surface area contributed by atoms with Crippen LogP contribution in [-0.4, -0.2) is 45.7 Å². The summed E-state index contributed by atoms with van der Waals surface area (Å²) >= 11 is 0. The fourth-order valence-electron chi connectivity index (χ4n) is 4.63. The fraction of sp³-hybridized carbons (Fsp3) is 0.448. The molecular weight excluding hydrogens is 516 g/mol. The quantitative estimate of drug-likeness (QED) is 0.121. The third kappa shape index (κ3) is 7.80. The molecule has 4 aromatic rings. The maximum absolute atomic E-state index is 4.37. The summed E-state index contributed by atoms with van der Waals surface area (Å²) in [7, 11) is 7.52. The van der Waals surface area contributed by atoms with E-state index in [4.69, 9.17) is 0 Å². The first-order valence-corrected chi connectivity index (χ1v) is 14.2. The van der Waals surface area contributed by atoms with Crippen molar-refractivity contribution < 1.29 is 9.13 Å². The van der Waals surface area contributed by atoms with Gasteiger partial charge in [-0.05, 0) is 91.8 Å². The zero-order chi connectivity index (χ0) is 29.2. The van der Waals surface area contributed by atoms with Crippen LogP contribution in [0, 0.1) is 0 Å². The molecule has 4 rings (SSSR count). The van der Waals surface area contributed by atoms with E-state index in [9.17, 15) is 0 Å². The predicted molar refractivity (Wildman–Crippen MR) is 160 cm³/mol. The summed E-state index contributed by atoms with van der Waals surface area (Å²) in [6.07, 6.45) is 6.90. The second-order valence-electron chi connectivity index (χ2n) is 9.98. The van der Waals surface area contributed by atoms with E-state index >= 15 is 0 Å². The first kappa shape index (κ1) is 29.5. The van der Waals surface area contributed by atoms with Crippen molar-refractivity contribution in [3.8, 4) is 0 Å². The molecule has 0 aliphatic heterocycles. The van der Waals surface area contributed by atoms with Crippen LogP contribution < -0.4 is 18.9 Å². The Morgan fingerprint density at radius 2 is 1.00 bits per heavy atom. The third-order valence-corrected chi connectivity index (χ3v) is 7.06. The zero-order valence-corrected chi connectivity index (χ0v) is 25.1. The highest BCUT2D eigenvalue weighted by Crippen LogP contribution is 2.23. The number of nitrogens with zero attached hydrogens (tertiary/aromatic N) is 12. The number of rotatable bonds is 14. The highest BCUT2D eigenvalue weighted by molar-refractivity contribution is 5.53. The summed E-state index contributed by atoms with van der Waals surface area (Å²) in [6.45, 7) is 8.40. The monoisotopic (exact) mass is 558 g/mol. The molecule has 12 heteroatoms. The van der Waals surface area contributed by atoms with Gasteiger partial charge in [0.2, 0.25) is 12.7 Å². The lowest BCUT2D eigenvalue weighted by Crippen LogP contribution is -2.25. The van der Waals surface area contributed by atoms with Crippen molar-refractivity contribution in [2.24, 2.45) is 48.6 Å². The van der Waals surface area contributed by atoms with E-state index in [2.05, 4.69) is 78.6 Å². The molecule has 2 heterocycles. The molecule has 2 aromatic heterocycles. The summed E-state index contributed by atoms with van der Waals surface area (Å²) in [5, 5.41) is 25.8. The summed E-state index contributed by atoms with van der Waals surface area (Å²) in [5.41, 5.74) is 4.07. The molecule has 0 atom stereocenters. The predicted octanol–water partition coefficient (Wildman–Crippen LogP) is 5.16. The van der Waals surface area contributed by atoms with E-state index in [1.54, 1.807) is 22.0 Å². The van der Waals surface area contributed by atoms with Crippen LogP contribution in [0.1, 0.15) is 33.1 Å². The number of unbranched alkanes of at least 4 members (excludes halogenated alkanes) is 2. The van der Waals surface area contributed by atoms with Crippen LogP contribution in [0.15, 0.2) is 81.6 Å². The number of aryl methyl sites for hydroxylation is 4. The lowest BCUT2D eigenvalue weighted by atomic mass is 10.2. The highest BCUT2D eigenvalue weighted by Gasteiger charge is 2.13. The molecule has 0 unspecified atom stereocenters. The first-order valence-electron chi connectivity index (χ1n) is 14.2. The zero-order valence-electron chi connectivity index (χ0n) is 25.1. The molecule has 2 aromatic carbocycles. The maximum atomic E-state index is 4.37. The molecule has 0 N–H and O–H groups in total. The average molecular weight is 559 g/mol. The lowest BCUT2D eigenvalue weighted by molar-refractivity contribution is -0.659. The van der Waals surface area contributed by atoms with Crippen LogP contribution >= 0.6 is 0 Å². The van der Waals surface area contributed by atoms with Crippen molar-refractivity contribution in [2.45, 2.75) is 33.1 Å². The molecule has 0 saturated heterocycles. The second-order valence-corrected chi connectivity index (χ2v) is 9.98. The van der Waals surface area contributed by atoms with Gasteiger partial charge in [-0.15, -0.1) is 9.36 Å². The summed E-state index contributed by atoms with van der Waals surface area (Å²) in [5.74, 6) is 1.39. The van der Waals surface area contributed by atoms with Gasteiger partial charge in [-0.2, -0.15) is 0 Å². The Balaban J connectivity index is 1.22. The minimum Gasteiger partial charge on any atom is -0.372 e. The highest BCUT2D eigenvalue weighted by atomic mass is 15.4. The van der Waals surface area contributed by atoms with E-state index in [-0.39, 0.29) is 0 Å². The van der Waals surface area contributed by atoms with Crippen LogP contribution in [0.4, 0.5) is 34.6 Å². The van der Waals surface area contributed by atoms with Crippen LogP contribution in [0.3, 0.4) is 0 Å². The number of benzene rings is 2. The minimum absolute atomic E-state index is 0.695. The fourth-order valence-corrected chi connectivity index (χ4v) is 4.63. The van der Waals surface area contributed by atoms with Gasteiger partial charge >= 0.3 is 11.9 Å². The number of hydrogen-bond donors (Lipinski definition) is 0. The van der Waals surface area contributed by atoms with E-state index in [0.717, 1.165) is 50.4 Å². The average Bonchev–Trinajstić information content (AvgIpc) is 3.49. The molecule has 0 saturated carbocycles. The van der Waals surface area contributed by atoms with Gasteiger partial charge in [0.1, 0.15) is 0 Å². The van der Waals surface area contributed by atoms with Gasteiger partial charge in [0.05, 0.1) is 39.6 Å². The van der Waals surface area contributed by atoms with E-state index in [1.807, 2.05) is 61.6 Å². The molecule has 0 aliphatic rings. The molecular formula is C29H42N12+2. The summed E-state index contributed by atoms with van der Waals surface area (Å²) in [4.78, 5) is 4.83. The van der Waals surface area contributed by atoms with Gasteiger partial charge in [-0.1, -0.05) is 10.2 Å². The number of hydrogen-bond acceptors (Lipinski definition) is 8. The molecule has 0 radical (unpaired) electrons. The molecule has 0 fully saturated rings. The summed E-state index contributed by atoms with van der Waals surface area (Å²) < 4.78 is 7.08. The van der Waals surface area contributed by atoms with Gasteiger partial charge in [0, 0.05) is 47.8 Å². The standard InChI is InChI=1S/C29H42N12/c1-7-40(26-16-12-24(13-17-26)32-34-28-36(3)22-30-38(28)5)20-10-9-11-21-41(8-2)27-18-14-25(15-19-27)33-35-29-37(4)23-31-39(29)6/h12-19,22-23H,7-11,20-21H2,1-6H3/q+2. The molecule has 0 amide bonds. The number of azo groups is 2. The molecule has 0 aliphatic carbocycles. The Morgan fingerprint density at radius 1 is 0.610 bits per heavy atom. The molecule has 0 spiro atoms. The normalized spacial score (nSPS) is 11.7. The van der Waals surface area contributed by atoms with Crippen LogP contribution in [0.2, 0.25) is 0 Å². The third-order valence-electron chi connectivity index (χ3n) is 7.06. The van der Waals surface area contributed by atoms with Gasteiger partial charge in [-0.25, -0.2) is 9.13 Å². The van der Waals surface area contributed by atoms with Gasteiger partial charge in [0.25, 0.3) is 0 Å². The second kappa shape index (κ2) is 14.2. The van der Waals surface area contributed by atoms with Crippen molar-refractivity contribution in [1.82, 2.24) is 19.6 Å². The largest absolute Gasteiger partial charge is 0.403 e. The smallest absolute Gasteiger partial charge is 0.372 e. The van der Waals surface area contributed by atoms with Crippen molar-refractivity contribution in [2.75, 3.05) is 36.0 Å². The Labute approximate surface area is 242 Å². The molecule has 216 valence electrons. The van der Waals surface area contributed by atoms with Crippen LogP contribution in [0.25, 0.3) is 0 Å². The lowest BCUT2D eigenvalue weighted by Gasteiger charge is -2.25. The molecule has 41 heavy (non-hydrogen) atoms. The Kier molecular flexibility index (Phi) is 10.2. The van der Waals surface area contributed by atoms with Crippen molar-refractivity contribution in [3.63, 3.8) is 0 Å². The van der Waals surface area contributed by atoms with Gasteiger partial charge < -0.3 is 9.80 Å². The Morgan fingerprint density at radius 3 is 1.32 bits per heavy atom. The van der Waals surface area contributed by atoms with Crippen LogP contribution in [0.5, 0.6) is 0 Å².